The third-order valence-electron chi connectivity index (χ3n) is 6.03. The lowest BCUT2D eigenvalue weighted by molar-refractivity contribution is -0.917. The summed E-state index contributed by atoms with van der Waals surface area (Å²) in [7, 11) is -2.07. The predicted molar refractivity (Wildman–Crippen MR) is 130 cm³/mol. The Hall–Kier alpha value is -3.47. The average Bonchev–Trinajstić information content (AvgIpc) is 2.89. The highest BCUT2D eigenvalue weighted by Crippen LogP contribution is 2.28. The Bertz CT molecular complexity index is 1260. The van der Waals surface area contributed by atoms with Gasteiger partial charge >= 0.3 is 0 Å². The van der Waals surface area contributed by atoms with Gasteiger partial charge in [0.15, 0.2) is 11.5 Å². The van der Waals surface area contributed by atoms with Gasteiger partial charge in [0, 0.05) is 17.7 Å². The van der Waals surface area contributed by atoms with Crippen LogP contribution in [0.1, 0.15) is 11.1 Å². The fourth-order valence-electron chi connectivity index (χ4n) is 4.07. The Balaban J connectivity index is 1.34. The normalized spacial score (nSPS) is 15.0. The molecule has 1 fully saturated rings. The van der Waals surface area contributed by atoms with Crippen LogP contribution in [-0.4, -0.2) is 50.9 Å². The van der Waals surface area contributed by atoms with Crippen LogP contribution in [0.3, 0.4) is 0 Å². The number of methoxy groups -OCH3 is 1. The molecule has 1 heterocycles. The molecule has 0 aromatic heterocycles. The van der Waals surface area contributed by atoms with Crippen LogP contribution in [0.4, 0.5) is 5.69 Å². The van der Waals surface area contributed by atoms with E-state index in [0.717, 1.165) is 17.7 Å². The topological polar surface area (TPSA) is 103 Å². The molecule has 3 aromatic rings. The molecule has 9 nitrogen and oxygen atoms in total. The van der Waals surface area contributed by atoms with Crippen molar-refractivity contribution in [1.29, 1.82) is 0 Å². The van der Waals surface area contributed by atoms with E-state index in [2.05, 4.69) is 0 Å². The zero-order valence-electron chi connectivity index (χ0n) is 19.4. The molecule has 0 atom stereocenters. The van der Waals surface area contributed by atoms with Gasteiger partial charge in [0.2, 0.25) is 10.0 Å². The summed E-state index contributed by atoms with van der Waals surface area (Å²) in [5, 5.41) is 10.8. The number of rotatable bonds is 9. The van der Waals surface area contributed by atoms with Gasteiger partial charge in [-0.3, -0.25) is 10.1 Å². The fourth-order valence-corrected chi connectivity index (χ4v) is 5.52. The molecule has 1 aliphatic rings. The molecule has 0 spiro atoms. The van der Waals surface area contributed by atoms with Crippen molar-refractivity contribution in [2.75, 3.05) is 33.3 Å². The molecule has 10 heteroatoms. The summed E-state index contributed by atoms with van der Waals surface area (Å²) in [5.74, 6) is 1.34. The van der Waals surface area contributed by atoms with Crippen molar-refractivity contribution >= 4 is 15.7 Å². The number of hydrogen-bond donors (Lipinski definition) is 1. The summed E-state index contributed by atoms with van der Waals surface area (Å²) < 4.78 is 38.8. The van der Waals surface area contributed by atoms with E-state index >= 15 is 0 Å². The van der Waals surface area contributed by atoms with Gasteiger partial charge in [-0.2, -0.15) is 4.31 Å². The molecule has 1 saturated heterocycles. The number of nitro groups is 1. The average molecular weight is 499 g/mol. The van der Waals surface area contributed by atoms with Crippen molar-refractivity contribution in [1.82, 2.24) is 4.31 Å². The van der Waals surface area contributed by atoms with Crippen LogP contribution in [0.25, 0.3) is 0 Å². The third kappa shape index (κ3) is 5.97. The molecular weight excluding hydrogens is 470 g/mol. The van der Waals surface area contributed by atoms with Gasteiger partial charge in [0.25, 0.3) is 5.69 Å². The minimum absolute atomic E-state index is 0.0716. The molecule has 0 saturated carbocycles. The standard InChI is InChI=1S/C25H27N3O6S/c1-33-25-17-21(7-12-24(25)34-19-20-5-3-2-4-6-20)18-26-13-15-27(16-14-26)35(31,32)23-10-8-22(9-11-23)28(29)30/h2-12,17H,13-16,18-19H2,1H3/p+1. The molecule has 4 rings (SSSR count). The quantitative estimate of drug-likeness (QED) is 0.359. The van der Waals surface area contributed by atoms with E-state index in [0.29, 0.717) is 44.3 Å². The maximum Gasteiger partial charge on any atom is 0.269 e. The van der Waals surface area contributed by atoms with E-state index in [9.17, 15) is 18.5 Å². The highest BCUT2D eigenvalue weighted by molar-refractivity contribution is 7.89. The second kappa shape index (κ2) is 10.9. The smallest absolute Gasteiger partial charge is 0.269 e. The number of quaternary nitrogens is 1. The van der Waals surface area contributed by atoms with Crippen molar-refractivity contribution in [3.8, 4) is 11.5 Å². The Morgan fingerprint density at radius 1 is 0.943 bits per heavy atom. The number of hydrogen-bond acceptors (Lipinski definition) is 6. The van der Waals surface area contributed by atoms with Gasteiger partial charge in [-0.05, 0) is 35.9 Å². The van der Waals surface area contributed by atoms with E-state index in [4.69, 9.17) is 9.47 Å². The maximum absolute atomic E-state index is 12.9. The monoisotopic (exact) mass is 498 g/mol. The number of benzene rings is 3. The summed E-state index contributed by atoms with van der Waals surface area (Å²) in [5.41, 5.74) is 2.02. The van der Waals surface area contributed by atoms with E-state index < -0.39 is 14.9 Å². The van der Waals surface area contributed by atoms with Crippen molar-refractivity contribution in [2.24, 2.45) is 0 Å². The number of nitrogens with zero attached hydrogens (tertiary/aromatic N) is 2. The van der Waals surface area contributed by atoms with Gasteiger partial charge in [0.05, 0.1) is 43.1 Å². The van der Waals surface area contributed by atoms with Crippen LogP contribution in [0.5, 0.6) is 11.5 Å². The molecule has 1 N–H and O–H groups in total. The number of ether oxygens (including phenoxy) is 2. The number of nitro benzene ring substituents is 1. The van der Waals surface area contributed by atoms with Crippen molar-refractivity contribution in [2.45, 2.75) is 18.0 Å². The van der Waals surface area contributed by atoms with Crippen molar-refractivity contribution in [3.63, 3.8) is 0 Å². The first kappa shape index (κ1) is 24.6. The SMILES string of the molecule is COc1cc(C[NH+]2CCN(S(=O)(=O)c3ccc([N+](=O)[O-])cc3)CC2)ccc1OCc1ccccc1. The molecule has 0 unspecified atom stereocenters. The lowest BCUT2D eigenvalue weighted by Crippen LogP contribution is -3.13. The minimum Gasteiger partial charge on any atom is -0.493 e. The van der Waals surface area contributed by atoms with Gasteiger partial charge in [-0.25, -0.2) is 8.42 Å². The largest absolute Gasteiger partial charge is 0.493 e. The third-order valence-corrected chi connectivity index (χ3v) is 7.95. The second-order valence-corrected chi connectivity index (χ2v) is 10.3. The zero-order chi connectivity index (χ0) is 24.8. The van der Waals surface area contributed by atoms with Gasteiger partial charge in [0.1, 0.15) is 13.2 Å². The lowest BCUT2D eigenvalue weighted by Gasteiger charge is -2.31. The summed E-state index contributed by atoms with van der Waals surface area (Å²) in [6.45, 7) is 3.25. The van der Waals surface area contributed by atoms with E-state index in [1.54, 1.807) is 7.11 Å². The summed E-state index contributed by atoms with van der Waals surface area (Å²) in [6, 6.07) is 20.8. The first-order chi connectivity index (χ1) is 16.9. The zero-order valence-corrected chi connectivity index (χ0v) is 20.2. The molecule has 0 radical (unpaired) electrons. The fraction of sp³-hybridized carbons (Fsp3) is 0.280. The first-order valence-electron chi connectivity index (χ1n) is 11.3. The van der Waals surface area contributed by atoms with Gasteiger partial charge in [-0.1, -0.05) is 30.3 Å². The molecular formula is C25H28N3O6S+. The molecule has 0 bridgehead atoms. The highest BCUT2D eigenvalue weighted by atomic mass is 32.2. The summed E-state index contributed by atoms with van der Waals surface area (Å²) in [6.07, 6.45) is 0. The molecule has 3 aromatic carbocycles. The molecule has 0 amide bonds. The molecule has 35 heavy (non-hydrogen) atoms. The van der Waals surface area contributed by atoms with Crippen LogP contribution in [0.2, 0.25) is 0 Å². The Morgan fingerprint density at radius 2 is 1.63 bits per heavy atom. The number of nitrogens with one attached hydrogen (secondary N) is 1. The van der Waals surface area contributed by atoms with Crippen LogP contribution >= 0.6 is 0 Å². The van der Waals surface area contributed by atoms with Crippen LogP contribution in [0.15, 0.2) is 77.7 Å². The van der Waals surface area contributed by atoms with E-state index in [1.165, 1.54) is 33.5 Å². The number of sulfonamides is 1. The van der Waals surface area contributed by atoms with Gasteiger partial charge in [-0.15, -0.1) is 0 Å². The van der Waals surface area contributed by atoms with E-state index in [-0.39, 0.29) is 10.6 Å². The van der Waals surface area contributed by atoms with Crippen molar-refractivity contribution in [3.05, 3.63) is 94.0 Å². The number of piperazine rings is 1. The minimum atomic E-state index is -3.69. The van der Waals surface area contributed by atoms with Gasteiger partial charge < -0.3 is 14.4 Å². The first-order valence-corrected chi connectivity index (χ1v) is 12.7. The molecule has 1 aliphatic heterocycles. The maximum atomic E-state index is 12.9. The predicted octanol–water partition coefficient (Wildman–Crippen LogP) is 2.27. The van der Waals surface area contributed by atoms with Crippen LogP contribution in [0, 0.1) is 10.1 Å². The van der Waals surface area contributed by atoms with Crippen molar-refractivity contribution < 1.29 is 27.7 Å². The highest BCUT2D eigenvalue weighted by Gasteiger charge is 2.30. The van der Waals surface area contributed by atoms with Crippen LogP contribution in [-0.2, 0) is 23.2 Å². The lowest BCUT2D eigenvalue weighted by atomic mass is 10.1. The molecule has 184 valence electrons. The Labute approximate surface area is 204 Å². The summed E-state index contributed by atoms with van der Waals surface area (Å²) in [4.78, 5) is 11.6. The van der Waals surface area contributed by atoms with E-state index in [1.807, 2.05) is 48.5 Å². The summed E-state index contributed by atoms with van der Waals surface area (Å²) >= 11 is 0. The second-order valence-electron chi connectivity index (χ2n) is 8.34. The Morgan fingerprint density at radius 3 is 2.26 bits per heavy atom. The van der Waals surface area contributed by atoms with Crippen LogP contribution < -0.4 is 14.4 Å². The Kier molecular flexibility index (Phi) is 7.64. The molecule has 0 aliphatic carbocycles. The number of non-ortho nitro benzene ring substituents is 1.